The highest BCUT2D eigenvalue weighted by atomic mass is 35.5. The summed E-state index contributed by atoms with van der Waals surface area (Å²) in [7, 11) is 0. The minimum absolute atomic E-state index is 0.142. The first kappa shape index (κ1) is 22.0. The Morgan fingerprint density at radius 3 is 2.23 bits per heavy atom. The van der Waals surface area contributed by atoms with Crippen molar-refractivity contribution in [2.75, 3.05) is 10.6 Å². The van der Waals surface area contributed by atoms with Crippen molar-refractivity contribution < 1.29 is 14.6 Å². The number of rotatable bonds is 7. The van der Waals surface area contributed by atoms with Crippen molar-refractivity contribution in [1.29, 1.82) is 0 Å². The molecule has 11 heteroatoms. The van der Waals surface area contributed by atoms with Crippen LogP contribution in [0.25, 0.3) is 0 Å². The van der Waals surface area contributed by atoms with E-state index in [0.29, 0.717) is 0 Å². The van der Waals surface area contributed by atoms with E-state index < -0.39 is 27.1 Å². The smallest absolute Gasteiger partial charge is 0.300 e. The lowest BCUT2D eigenvalue weighted by molar-refractivity contribution is -0.393. The molecular weight excluding hydrogens is 447 g/mol. The number of hydrogen-bond donors (Lipinski definition) is 2. The van der Waals surface area contributed by atoms with Gasteiger partial charge in [-0.3, -0.25) is 25.0 Å². The number of nitro benzene ring substituents is 2. The predicted molar refractivity (Wildman–Crippen MR) is 118 cm³/mol. The fourth-order valence-electron chi connectivity index (χ4n) is 2.78. The molecule has 158 valence electrons. The molecule has 0 aliphatic heterocycles. The zero-order chi connectivity index (χ0) is 22.5. The maximum Gasteiger partial charge on any atom is 0.300 e. The number of carbonyl (C=O) groups excluding carboxylic acids is 1. The highest BCUT2D eigenvalue weighted by Gasteiger charge is 2.27. The number of anilines is 2. The molecule has 3 aromatic carbocycles. The standard InChI is InChI=1S/C20H14Cl2N4O5/c21-16-7-6-13(8-17(16)22)24-20(27)15-9-14(25(28)29)10-18(26(30)31)19(15)23-11-12-4-2-1-3-5-12/h1-10,23H,11H2,(H,24,27). The highest BCUT2D eigenvalue weighted by molar-refractivity contribution is 6.42. The fourth-order valence-corrected chi connectivity index (χ4v) is 3.08. The number of benzene rings is 3. The van der Waals surface area contributed by atoms with Gasteiger partial charge in [-0.25, -0.2) is 0 Å². The van der Waals surface area contributed by atoms with Gasteiger partial charge in [-0.1, -0.05) is 53.5 Å². The summed E-state index contributed by atoms with van der Waals surface area (Å²) in [6, 6.07) is 15.1. The minimum Gasteiger partial charge on any atom is -0.375 e. The van der Waals surface area contributed by atoms with Crippen LogP contribution < -0.4 is 10.6 Å². The first-order valence-electron chi connectivity index (χ1n) is 8.77. The van der Waals surface area contributed by atoms with Gasteiger partial charge in [0.25, 0.3) is 17.3 Å². The van der Waals surface area contributed by atoms with Crippen LogP contribution >= 0.6 is 23.2 Å². The fraction of sp³-hybridized carbons (Fsp3) is 0.0500. The van der Waals surface area contributed by atoms with E-state index in [0.717, 1.165) is 17.7 Å². The van der Waals surface area contributed by atoms with Crippen molar-refractivity contribution in [2.45, 2.75) is 6.54 Å². The molecule has 0 aliphatic carbocycles. The Labute approximate surface area is 185 Å². The first-order valence-corrected chi connectivity index (χ1v) is 9.53. The maximum absolute atomic E-state index is 12.9. The second-order valence-corrected chi connectivity index (χ2v) is 7.14. The maximum atomic E-state index is 12.9. The number of nitrogens with zero attached hydrogens (tertiary/aromatic N) is 2. The average molecular weight is 461 g/mol. The molecule has 2 N–H and O–H groups in total. The minimum atomic E-state index is -0.802. The molecule has 0 saturated carbocycles. The van der Waals surface area contributed by atoms with Crippen molar-refractivity contribution in [3.63, 3.8) is 0 Å². The Kier molecular flexibility index (Phi) is 6.68. The van der Waals surface area contributed by atoms with Gasteiger partial charge in [0.2, 0.25) is 0 Å². The number of halogens is 2. The summed E-state index contributed by atoms with van der Waals surface area (Å²) < 4.78 is 0. The monoisotopic (exact) mass is 460 g/mol. The number of non-ortho nitro benzene ring substituents is 1. The van der Waals surface area contributed by atoms with E-state index in [-0.39, 0.29) is 33.5 Å². The lowest BCUT2D eigenvalue weighted by atomic mass is 10.1. The van der Waals surface area contributed by atoms with Crippen LogP contribution in [0.3, 0.4) is 0 Å². The van der Waals surface area contributed by atoms with Crippen LogP contribution in [0.4, 0.5) is 22.7 Å². The van der Waals surface area contributed by atoms with Crippen LogP contribution in [0.1, 0.15) is 15.9 Å². The Bertz CT molecular complexity index is 1170. The zero-order valence-corrected chi connectivity index (χ0v) is 17.2. The van der Waals surface area contributed by atoms with Gasteiger partial charge >= 0.3 is 0 Å². The van der Waals surface area contributed by atoms with E-state index in [1.54, 1.807) is 24.3 Å². The lowest BCUT2D eigenvalue weighted by Gasteiger charge is -2.13. The third-order valence-corrected chi connectivity index (χ3v) is 4.98. The van der Waals surface area contributed by atoms with Crippen LogP contribution in [-0.2, 0) is 6.54 Å². The molecular formula is C20H14Cl2N4O5. The lowest BCUT2D eigenvalue weighted by Crippen LogP contribution is -2.16. The Morgan fingerprint density at radius 1 is 0.903 bits per heavy atom. The summed E-state index contributed by atoms with van der Waals surface area (Å²) >= 11 is 11.8. The molecule has 9 nitrogen and oxygen atoms in total. The van der Waals surface area contributed by atoms with Gasteiger partial charge in [0.05, 0.1) is 31.5 Å². The Morgan fingerprint density at radius 2 is 1.61 bits per heavy atom. The van der Waals surface area contributed by atoms with E-state index >= 15 is 0 Å². The molecule has 0 radical (unpaired) electrons. The number of carbonyl (C=O) groups is 1. The third-order valence-electron chi connectivity index (χ3n) is 4.24. The molecule has 0 fully saturated rings. The SMILES string of the molecule is O=C(Nc1ccc(Cl)c(Cl)c1)c1cc([N+](=O)[O-])cc([N+](=O)[O-])c1NCc1ccccc1. The second-order valence-electron chi connectivity index (χ2n) is 6.32. The van der Waals surface area contributed by atoms with E-state index in [2.05, 4.69) is 10.6 Å². The molecule has 0 heterocycles. The van der Waals surface area contributed by atoms with Gasteiger partial charge < -0.3 is 10.6 Å². The summed E-state index contributed by atoms with van der Waals surface area (Å²) in [4.78, 5) is 34.2. The number of nitro groups is 2. The van der Waals surface area contributed by atoms with Crippen molar-refractivity contribution in [2.24, 2.45) is 0 Å². The van der Waals surface area contributed by atoms with E-state index in [1.807, 2.05) is 6.07 Å². The summed E-state index contributed by atoms with van der Waals surface area (Å²) in [6.45, 7) is 0.159. The molecule has 0 saturated heterocycles. The summed E-state index contributed by atoms with van der Waals surface area (Å²) in [5.41, 5.74) is -0.519. The molecule has 3 rings (SSSR count). The van der Waals surface area contributed by atoms with Crippen LogP contribution in [0.15, 0.2) is 60.7 Å². The Hall–Kier alpha value is -3.69. The molecule has 0 aliphatic rings. The highest BCUT2D eigenvalue weighted by Crippen LogP contribution is 2.35. The van der Waals surface area contributed by atoms with Gasteiger partial charge in [-0.2, -0.15) is 0 Å². The van der Waals surface area contributed by atoms with Crippen LogP contribution in [0.5, 0.6) is 0 Å². The molecule has 31 heavy (non-hydrogen) atoms. The van der Waals surface area contributed by atoms with Crippen molar-refractivity contribution in [3.8, 4) is 0 Å². The van der Waals surface area contributed by atoms with Crippen molar-refractivity contribution in [3.05, 3.63) is 102 Å². The molecule has 0 aromatic heterocycles. The quantitative estimate of drug-likeness (QED) is 0.345. The summed E-state index contributed by atoms with van der Waals surface area (Å²) in [6.07, 6.45) is 0. The van der Waals surface area contributed by atoms with Crippen LogP contribution in [0.2, 0.25) is 10.0 Å². The van der Waals surface area contributed by atoms with Gasteiger partial charge in [0.15, 0.2) is 0 Å². The van der Waals surface area contributed by atoms with E-state index in [9.17, 15) is 25.0 Å². The summed E-state index contributed by atoms with van der Waals surface area (Å²) in [5.74, 6) is -0.791. The third kappa shape index (κ3) is 5.27. The van der Waals surface area contributed by atoms with Crippen LogP contribution in [0, 0.1) is 20.2 Å². The summed E-state index contributed by atoms with van der Waals surface area (Å²) in [5, 5.41) is 28.7. The van der Waals surface area contributed by atoms with E-state index in [4.69, 9.17) is 23.2 Å². The molecule has 0 bridgehead atoms. The predicted octanol–water partition coefficient (Wildman–Crippen LogP) is 5.67. The average Bonchev–Trinajstić information content (AvgIpc) is 2.74. The van der Waals surface area contributed by atoms with E-state index in [1.165, 1.54) is 18.2 Å². The normalized spacial score (nSPS) is 10.4. The largest absolute Gasteiger partial charge is 0.375 e. The van der Waals surface area contributed by atoms with Gasteiger partial charge in [-0.15, -0.1) is 0 Å². The van der Waals surface area contributed by atoms with Gasteiger partial charge in [0, 0.05) is 18.3 Å². The van der Waals surface area contributed by atoms with Gasteiger partial charge in [-0.05, 0) is 23.8 Å². The molecule has 0 spiro atoms. The topological polar surface area (TPSA) is 127 Å². The Balaban J connectivity index is 2.03. The van der Waals surface area contributed by atoms with Crippen molar-refractivity contribution in [1.82, 2.24) is 0 Å². The zero-order valence-electron chi connectivity index (χ0n) is 15.7. The molecule has 3 aromatic rings. The number of hydrogen-bond acceptors (Lipinski definition) is 6. The second kappa shape index (κ2) is 9.41. The van der Waals surface area contributed by atoms with Gasteiger partial charge in [0.1, 0.15) is 5.69 Å². The molecule has 0 atom stereocenters. The van der Waals surface area contributed by atoms with Crippen LogP contribution in [-0.4, -0.2) is 15.8 Å². The molecule has 1 amide bonds. The number of amides is 1. The first-order chi connectivity index (χ1) is 14.8. The molecule has 0 unspecified atom stereocenters. The van der Waals surface area contributed by atoms with Crippen molar-refractivity contribution >= 4 is 51.9 Å². The number of nitrogens with one attached hydrogen (secondary N) is 2.